The molecule has 0 aromatic heterocycles. The van der Waals surface area contributed by atoms with Gasteiger partial charge in [0.2, 0.25) is 0 Å². The van der Waals surface area contributed by atoms with Crippen LogP contribution in [0.2, 0.25) is 0 Å². The number of hydrogen-bond acceptors (Lipinski definition) is 1. The van der Waals surface area contributed by atoms with Crippen molar-refractivity contribution in [2.75, 3.05) is 13.1 Å². The first-order valence-corrected chi connectivity index (χ1v) is 5.69. The van der Waals surface area contributed by atoms with Crippen molar-refractivity contribution < 1.29 is 0 Å². The summed E-state index contributed by atoms with van der Waals surface area (Å²) in [6, 6.07) is 1.03. The highest BCUT2D eigenvalue weighted by Crippen LogP contribution is 2.45. The van der Waals surface area contributed by atoms with Crippen LogP contribution in [-0.4, -0.2) is 24.0 Å². The van der Waals surface area contributed by atoms with Crippen LogP contribution in [0.4, 0.5) is 0 Å². The van der Waals surface area contributed by atoms with Gasteiger partial charge in [0.1, 0.15) is 0 Å². The minimum absolute atomic E-state index is 1.03. The molecule has 0 spiro atoms. The van der Waals surface area contributed by atoms with Crippen molar-refractivity contribution in [3.05, 3.63) is 0 Å². The molecule has 0 bridgehead atoms. The molecule has 3 unspecified atom stereocenters. The summed E-state index contributed by atoms with van der Waals surface area (Å²) in [6.45, 7) is 2.84. The molecule has 0 radical (unpaired) electrons. The van der Waals surface area contributed by atoms with Crippen molar-refractivity contribution in [3.8, 4) is 0 Å². The molecule has 68 valence electrons. The fourth-order valence-corrected chi connectivity index (χ4v) is 3.84. The smallest absolute Gasteiger partial charge is 0.0152 e. The van der Waals surface area contributed by atoms with Gasteiger partial charge in [0.05, 0.1) is 0 Å². The zero-order valence-corrected chi connectivity index (χ0v) is 7.84. The SMILES string of the molecule is C1CCN2CCC3CCC(C1)C32. The molecule has 3 rings (SSSR count). The first kappa shape index (κ1) is 7.37. The summed E-state index contributed by atoms with van der Waals surface area (Å²) >= 11 is 0. The number of nitrogens with zero attached hydrogens (tertiary/aromatic N) is 1. The molecule has 2 saturated heterocycles. The summed E-state index contributed by atoms with van der Waals surface area (Å²) in [5.74, 6) is 2.20. The standard InChI is InChI=1S/C11H19N/c1-2-7-12-8-6-10-5-4-9(3-1)11(10)12/h9-11H,1-8H2. The molecule has 12 heavy (non-hydrogen) atoms. The largest absolute Gasteiger partial charge is 0.300 e. The van der Waals surface area contributed by atoms with Gasteiger partial charge >= 0.3 is 0 Å². The second kappa shape index (κ2) is 2.73. The fraction of sp³-hybridized carbons (Fsp3) is 1.00. The lowest BCUT2D eigenvalue weighted by atomic mass is 9.96. The van der Waals surface area contributed by atoms with Crippen LogP contribution in [0.1, 0.15) is 38.5 Å². The van der Waals surface area contributed by atoms with Crippen LogP contribution < -0.4 is 0 Å². The van der Waals surface area contributed by atoms with Crippen LogP contribution in [0.3, 0.4) is 0 Å². The summed E-state index contributed by atoms with van der Waals surface area (Å²) in [6.07, 6.45) is 9.13. The Morgan fingerprint density at radius 2 is 1.58 bits per heavy atom. The lowest BCUT2D eigenvalue weighted by Gasteiger charge is -2.25. The molecule has 3 fully saturated rings. The predicted octanol–water partition coefficient (Wildman–Crippen LogP) is 2.27. The second-order valence-corrected chi connectivity index (χ2v) is 4.91. The molecule has 3 atom stereocenters. The zero-order chi connectivity index (χ0) is 7.97. The molecule has 1 heteroatoms. The molecular weight excluding hydrogens is 146 g/mol. The average molecular weight is 165 g/mol. The van der Waals surface area contributed by atoms with Gasteiger partial charge in [-0.25, -0.2) is 0 Å². The van der Waals surface area contributed by atoms with Crippen LogP contribution in [0.15, 0.2) is 0 Å². The van der Waals surface area contributed by atoms with Gasteiger partial charge in [-0.3, -0.25) is 4.90 Å². The van der Waals surface area contributed by atoms with E-state index in [2.05, 4.69) is 4.90 Å². The van der Waals surface area contributed by atoms with Gasteiger partial charge in [0.15, 0.2) is 0 Å². The maximum atomic E-state index is 2.80. The minimum Gasteiger partial charge on any atom is -0.300 e. The highest BCUT2D eigenvalue weighted by molar-refractivity contribution is 4.97. The van der Waals surface area contributed by atoms with E-state index in [4.69, 9.17) is 0 Å². The van der Waals surface area contributed by atoms with Crippen molar-refractivity contribution in [2.24, 2.45) is 11.8 Å². The Morgan fingerprint density at radius 1 is 0.750 bits per heavy atom. The summed E-state index contributed by atoms with van der Waals surface area (Å²) in [5.41, 5.74) is 0. The normalized spacial score (nSPS) is 47.5. The monoisotopic (exact) mass is 165 g/mol. The zero-order valence-electron chi connectivity index (χ0n) is 7.84. The third-order valence-corrected chi connectivity index (χ3v) is 4.35. The third kappa shape index (κ3) is 0.953. The summed E-state index contributed by atoms with van der Waals surface area (Å²) in [4.78, 5) is 2.80. The van der Waals surface area contributed by atoms with Crippen LogP contribution in [-0.2, 0) is 0 Å². The van der Waals surface area contributed by atoms with Crippen LogP contribution in [0.25, 0.3) is 0 Å². The Labute approximate surface area is 75.1 Å². The molecular formula is C11H19N. The highest BCUT2D eigenvalue weighted by Gasteiger charge is 2.44. The molecule has 3 aliphatic rings. The van der Waals surface area contributed by atoms with E-state index in [9.17, 15) is 0 Å². The van der Waals surface area contributed by atoms with Gasteiger partial charge in [-0.15, -0.1) is 0 Å². The summed E-state index contributed by atoms with van der Waals surface area (Å²) < 4.78 is 0. The predicted molar refractivity (Wildman–Crippen MR) is 50.0 cm³/mol. The Balaban J connectivity index is 1.85. The molecule has 1 aliphatic carbocycles. The quantitative estimate of drug-likeness (QED) is 0.532. The first-order valence-electron chi connectivity index (χ1n) is 5.69. The number of hydrogen-bond donors (Lipinski definition) is 0. The van der Waals surface area contributed by atoms with Crippen molar-refractivity contribution in [2.45, 2.75) is 44.6 Å². The average Bonchev–Trinajstić information content (AvgIpc) is 2.57. The van der Waals surface area contributed by atoms with Crippen LogP contribution in [0, 0.1) is 11.8 Å². The first-order chi connectivity index (χ1) is 5.95. The van der Waals surface area contributed by atoms with Gasteiger partial charge in [-0.2, -0.15) is 0 Å². The lowest BCUT2D eigenvalue weighted by Crippen LogP contribution is -2.33. The van der Waals surface area contributed by atoms with Crippen molar-refractivity contribution in [3.63, 3.8) is 0 Å². The topological polar surface area (TPSA) is 3.24 Å². The van der Waals surface area contributed by atoms with E-state index in [-0.39, 0.29) is 0 Å². The van der Waals surface area contributed by atoms with E-state index < -0.39 is 0 Å². The van der Waals surface area contributed by atoms with E-state index in [0.29, 0.717) is 0 Å². The maximum Gasteiger partial charge on any atom is 0.0152 e. The lowest BCUT2D eigenvalue weighted by molar-refractivity contribution is 0.212. The van der Waals surface area contributed by atoms with E-state index >= 15 is 0 Å². The molecule has 0 N–H and O–H groups in total. The fourth-order valence-electron chi connectivity index (χ4n) is 3.84. The molecule has 2 heterocycles. The van der Waals surface area contributed by atoms with E-state index in [1.54, 1.807) is 12.8 Å². The third-order valence-electron chi connectivity index (χ3n) is 4.35. The van der Waals surface area contributed by atoms with Crippen molar-refractivity contribution in [1.82, 2.24) is 4.90 Å². The van der Waals surface area contributed by atoms with E-state index in [1.165, 1.54) is 38.8 Å². The number of rotatable bonds is 0. The van der Waals surface area contributed by atoms with Crippen LogP contribution >= 0.6 is 0 Å². The van der Waals surface area contributed by atoms with Gasteiger partial charge in [-0.1, -0.05) is 6.42 Å². The molecule has 0 amide bonds. The molecule has 0 aromatic carbocycles. The summed E-state index contributed by atoms with van der Waals surface area (Å²) in [5, 5.41) is 0. The minimum atomic E-state index is 1.03. The molecule has 1 nitrogen and oxygen atoms in total. The highest BCUT2D eigenvalue weighted by atomic mass is 15.2. The van der Waals surface area contributed by atoms with Gasteiger partial charge in [0, 0.05) is 6.04 Å². The van der Waals surface area contributed by atoms with E-state index in [0.717, 1.165) is 17.9 Å². The molecule has 1 saturated carbocycles. The van der Waals surface area contributed by atoms with Gasteiger partial charge in [0.25, 0.3) is 0 Å². The van der Waals surface area contributed by atoms with Gasteiger partial charge in [-0.05, 0) is 57.0 Å². The maximum absolute atomic E-state index is 2.80. The Morgan fingerprint density at radius 3 is 2.50 bits per heavy atom. The summed E-state index contributed by atoms with van der Waals surface area (Å²) in [7, 11) is 0. The second-order valence-electron chi connectivity index (χ2n) is 4.91. The molecule has 0 aromatic rings. The Hall–Kier alpha value is -0.0400. The van der Waals surface area contributed by atoms with E-state index in [1.807, 2.05) is 0 Å². The van der Waals surface area contributed by atoms with Crippen molar-refractivity contribution in [1.29, 1.82) is 0 Å². The van der Waals surface area contributed by atoms with Gasteiger partial charge < -0.3 is 0 Å². The van der Waals surface area contributed by atoms with Crippen LogP contribution in [0.5, 0.6) is 0 Å². The Bertz CT molecular complexity index is 160. The van der Waals surface area contributed by atoms with Crippen molar-refractivity contribution >= 4 is 0 Å². The Kier molecular flexibility index (Phi) is 1.68. The molecule has 2 aliphatic heterocycles.